The lowest BCUT2D eigenvalue weighted by Crippen LogP contribution is -2.51. The molecule has 0 aliphatic carbocycles. The van der Waals surface area contributed by atoms with E-state index < -0.39 is 5.03 Å². The van der Waals surface area contributed by atoms with Crippen LogP contribution in [0.5, 0.6) is 0 Å². The molecule has 0 bridgehead atoms. The smallest absolute Gasteiger partial charge is 0.258 e. The Morgan fingerprint density at radius 1 is 1.71 bits per heavy atom. The summed E-state index contributed by atoms with van der Waals surface area (Å²) < 4.78 is 0. The largest absolute Gasteiger partial charge is 0.328 e. The van der Waals surface area contributed by atoms with Crippen LogP contribution in [0.2, 0.25) is 0 Å². The quantitative estimate of drug-likeness (QED) is 0.501. The molecule has 0 saturated carbocycles. The average molecular weight is 201 g/mol. The number of nitro groups is 1. The van der Waals surface area contributed by atoms with E-state index in [-0.39, 0.29) is 0 Å². The fourth-order valence-electron chi connectivity index (χ4n) is 1.36. The second-order valence-electron chi connectivity index (χ2n) is 3.23. The van der Waals surface area contributed by atoms with Crippen molar-refractivity contribution in [1.82, 2.24) is 15.2 Å². The topological polar surface area (TPSA) is 74.0 Å². The van der Waals surface area contributed by atoms with Crippen molar-refractivity contribution in [3.63, 3.8) is 0 Å². The Labute approximate surface area is 82.5 Å². The van der Waals surface area contributed by atoms with Crippen LogP contribution in [0.3, 0.4) is 0 Å². The van der Waals surface area contributed by atoms with Gasteiger partial charge in [0.15, 0.2) is 5.03 Å². The normalized spacial score (nSPS) is 17.9. The Bertz CT molecular complexity index is 242. The lowest BCUT2D eigenvalue weighted by Gasteiger charge is -2.31. The minimum Gasteiger partial charge on any atom is -0.328 e. The molecule has 0 unspecified atom stereocenters. The minimum atomic E-state index is -0.592. The van der Waals surface area contributed by atoms with Gasteiger partial charge >= 0.3 is 0 Å². The van der Waals surface area contributed by atoms with Crippen molar-refractivity contribution >= 4 is 5.96 Å². The first-order valence-corrected chi connectivity index (χ1v) is 4.52. The summed E-state index contributed by atoms with van der Waals surface area (Å²) >= 11 is 0. The van der Waals surface area contributed by atoms with E-state index in [0.29, 0.717) is 19.3 Å². The first-order chi connectivity index (χ1) is 6.63. The molecule has 0 spiro atoms. The van der Waals surface area contributed by atoms with Gasteiger partial charge < -0.3 is 4.90 Å². The molecular weight excluding hydrogens is 186 g/mol. The number of nitrogens with one attached hydrogen (secondary N) is 1. The van der Waals surface area contributed by atoms with E-state index in [0.717, 1.165) is 13.0 Å². The summed E-state index contributed by atoms with van der Waals surface area (Å²) in [6, 6.07) is 0. The highest BCUT2D eigenvalue weighted by molar-refractivity contribution is 5.78. The Morgan fingerprint density at radius 2 is 2.43 bits per heavy atom. The SMILES string of the molecule is CCCN1CN=C(N[N+](=O)[O-])N(C)C1. The maximum atomic E-state index is 10.2. The van der Waals surface area contributed by atoms with Crippen LogP contribution in [0.15, 0.2) is 4.99 Å². The van der Waals surface area contributed by atoms with Crippen molar-refractivity contribution in [2.75, 3.05) is 26.9 Å². The number of aliphatic imine (C=N–C) groups is 1. The van der Waals surface area contributed by atoms with Gasteiger partial charge in [0.1, 0.15) is 0 Å². The molecule has 0 atom stereocenters. The van der Waals surface area contributed by atoms with E-state index in [1.165, 1.54) is 0 Å². The number of guanidine groups is 1. The Hall–Kier alpha value is -1.37. The van der Waals surface area contributed by atoms with Crippen LogP contribution in [0.25, 0.3) is 0 Å². The van der Waals surface area contributed by atoms with Crippen LogP contribution in [0.4, 0.5) is 0 Å². The zero-order valence-electron chi connectivity index (χ0n) is 8.43. The number of hydrazine groups is 1. The first kappa shape index (κ1) is 10.7. The van der Waals surface area contributed by atoms with Gasteiger partial charge in [0, 0.05) is 13.6 Å². The third kappa shape index (κ3) is 2.84. The summed E-state index contributed by atoms with van der Waals surface area (Å²) in [5, 5.41) is 9.60. The molecule has 7 nitrogen and oxygen atoms in total. The zero-order chi connectivity index (χ0) is 10.6. The van der Waals surface area contributed by atoms with Crippen LogP contribution in [-0.4, -0.2) is 47.7 Å². The predicted octanol–water partition coefficient (Wildman–Crippen LogP) is -0.304. The molecule has 7 heteroatoms. The molecule has 80 valence electrons. The van der Waals surface area contributed by atoms with Gasteiger partial charge in [-0.05, 0) is 6.42 Å². The van der Waals surface area contributed by atoms with Crippen LogP contribution in [0, 0.1) is 10.1 Å². The van der Waals surface area contributed by atoms with E-state index in [1.807, 2.05) is 0 Å². The molecule has 0 aromatic carbocycles. The maximum absolute atomic E-state index is 10.2. The third-order valence-electron chi connectivity index (χ3n) is 1.93. The standard InChI is InChI=1S/C7H15N5O2/c1-3-4-11-5-8-7(9-12(13)14)10(2)6-11/h3-6H2,1-2H3,(H,8,9). The molecule has 0 aromatic heterocycles. The highest BCUT2D eigenvalue weighted by Crippen LogP contribution is 2.01. The highest BCUT2D eigenvalue weighted by atomic mass is 16.7. The lowest BCUT2D eigenvalue weighted by molar-refractivity contribution is -0.526. The molecule has 1 aliphatic rings. The summed E-state index contributed by atoms with van der Waals surface area (Å²) in [6.45, 7) is 4.25. The summed E-state index contributed by atoms with van der Waals surface area (Å²) in [4.78, 5) is 18.1. The summed E-state index contributed by atoms with van der Waals surface area (Å²) in [6.07, 6.45) is 1.06. The Kier molecular flexibility index (Phi) is 3.63. The molecule has 0 amide bonds. The number of rotatable bonds is 3. The van der Waals surface area contributed by atoms with E-state index in [2.05, 4.69) is 22.2 Å². The zero-order valence-corrected chi connectivity index (χ0v) is 8.43. The van der Waals surface area contributed by atoms with Crippen LogP contribution in [-0.2, 0) is 0 Å². The third-order valence-corrected chi connectivity index (χ3v) is 1.93. The summed E-state index contributed by atoms with van der Waals surface area (Å²) in [5.41, 5.74) is 2.07. The van der Waals surface area contributed by atoms with Crippen LogP contribution < -0.4 is 5.43 Å². The average Bonchev–Trinajstić information content (AvgIpc) is 2.10. The molecule has 1 N–H and O–H groups in total. The highest BCUT2D eigenvalue weighted by Gasteiger charge is 2.19. The van der Waals surface area contributed by atoms with Crippen LogP contribution in [0.1, 0.15) is 13.3 Å². The van der Waals surface area contributed by atoms with E-state index in [9.17, 15) is 10.1 Å². The fourth-order valence-corrected chi connectivity index (χ4v) is 1.36. The molecule has 0 aromatic rings. The minimum absolute atomic E-state index is 0.322. The van der Waals surface area contributed by atoms with E-state index in [4.69, 9.17) is 0 Å². The van der Waals surface area contributed by atoms with Gasteiger partial charge in [-0.15, -0.1) is 0 Å². The molecule has 0 saturated heterocycles. The molecule has 1 heterocycles. The van der Waals surface area contributed by atoms with E-state index >= 15 is 0 Å². The van der Waals surface area contributed by atoms with Crippen molar-refractivity contribution in [3.8, 4) is 0 Å². The second kappa shape index (κ2) is 4.75. The number of hydrogen-bond donors (Lipinski definition) is 1. The molecular formula is C7H15N5O2. The van der Waals surface area contributed by atoms with Gasteiger partial charge in [0.05, 0.1) is 13.3 Å². The van der Waals surface area contributed by atoms with Gasteiger partial charge in [-0.3, -0.25) is 4.90 Å². The van der Waals surface area contributed by atoms with Crippen molar-refractivity contribution in [2.45, 2.75) is 13.3 Å². The molecule has 14 heavy (non-hydrogen) atoms. The molecule has 1 rings (SSSR count). The van der Waals surface area contributed by atoms with Crippen molar-refractivity contribution in [1.29, 1.82) is 0 Å². The van der Waals surface area contributed by atoms with Crippen LogP contribution >= 0.6 is 0 Å². The maximum Gasteiger partial charge on any atom is 0.258 e. The number of nitrogens with zero attached hydrogens (tertiary/aromatic N) is 4. The Morgan fingerprint density at radius 3 is 2.93 bits per heavy atom. The van der Waals surface area contributed by atoms with Crippen molar-refractivity contribution in [2.24, 2.45) is 4.99 Å². The summed E-state index contributed by atoms with van der Waals surface area (Å²) in [5.74, 6) is 0.322. The van der Waals surface area contributed by atoms with Gasteiger partial charge in [-0.2, -0.15) is 0 Å². The summed E-state index contributed by atoms with van der Waals surface area (Å²) in [7, 11) is 1.77. The molecule has 0 radical (unpaired) electrons. The van der Waals surface area contributed by atoms with Crippen molar-refractivity contribution < 1.29 is 5.03 Å². The second-order valence-corrected chi connectivity index (χ2v) is 3.23. The molecule has 0 fully saturated rings. The van der Waals surface area contributed by atoms with Gasteiger partial charge in [0.25, 0.3) is 5.96 Å². The van der Waals surface area contributed by atoms with Gasteiger partial charge in [0.2, 0.25) is 0 Å². The van der Waals surface area contributed by atoms with E-state index in [1.54, 1.807) is 11.9 Å². The molecule has 1 aliphatic heterocycles. The lowest BCUT2D eigenvalue weighted by atomic mass is 10.4. The fraction of sp³-hybridized carbons (Fsp3) is 0.857. The predicted molar refractivity (Wildman–Crippen MR) is 52.1 cm³/mol. The first-order valence-electron chi connectivity index (χ1n) is 4.52. The van der Waals surface area contributed by atoms with Gasteiger partial charge in [-0.1, -0.05) is 12.3 Å². The Balaban J connectivity index is 2.51. The number of hydrogen-bond acceptors (Lipinski definition) is 5. The van der Waals surface area contributed by atoms with Gasteiger partial charge in [-0.25, -0.2) is 15.1 Å². The monoisotopic (exact) mass is 201 g/mol. The van der Waals surface area contributed by atoms with Crippen molar-refractivity contribution in [3.05, 3.63) is 10.1 Å².